The molecule has 0 fully saturated rings. The van der Waals surface area contributed by atoms with Gasteiger partial charge in [0.05, 0.1) is 11.1 Å². The molecule has 0 atom stereocenters. The van der Waals surface area contributed by atoms with Crippen LogP contribution < -0.4 is 0 Å². The summed E-state index contributed by atoms with van der Waals surface area (Å²) < 4.78 is 0. The predicted octanol–water partition coefficient (Wildman–Crippen LogP) is 1.64. The molecule has 0 saturated carbocycles. The van der Waals surface area contributed by atoms with Gasteiger partial charge in [0, 0.05) is 17.1 Å². The first-order chi connectivity index (χ1) is 6.56. The second-order valence-corrected chi connectivity index (χ2v) is 2.84. The van der Waals surface area contributed by atoms with Crippen LogP contribution >= 0.6 is 0 Å². The molecule has 0 saturated heterocycles. The molecule has 0 unspecified atom stereocenters. The molecule has 0 aromatic heterocycles. The van der Waals surface area contributed by atoms with Crippen molar-refractivity contribution in [3.8, 4) is 0 Å². The molecule has 4 nitrogen and oxygen atoms in total. The predicted molar refractivity (Wildman–Crippen MR) is 49.7 cm³/mol. The van der Waals surface area contributed by atoms with Gasteiger partial charge in [-0.3, -0.25) is 0 Å². The van der Waals surface area contributed by atoms with Gasteiger partial charge in [0.1, 0.15) is 0 Å². The van der Waals surface area contributed by atoms with E-state index in [1.807, 2.05) is 6.92 Å². The first kappa shape index (κ1) is 13.7. The van der Waals surface area contributed by atoms with Crippen LogP contribution in [0.3, 0.4) is 0 Å². The number of hydrogen-bond donors (Lipinski definition) is 2. The standard InChI is InChI=1S/C10H10O4.Cu/c1-2-6-3-4-7(9(11)12)8(5-6)10(13)14;/h3-5H,2H2,1H3,(H,11,12)(H,13,14);. The van der Waals surface area contributed by atoms with Crippen LogP contribution in [0.2, 0.25) is 0 Å². The molecule has 0 aliphatic carbocycles. The van der Waals surface area contributed by atoms with Gasteiger partial charge in [-0.15, -0.1) is 0 Å². The smallest absolute Gasteiger partial charge is 0.336 e. The zero-order chi connectivity index (χ0) is 10.7. The summed E-state index contributed by atoms with van der Waals surface area (Å²) in [5, 5.41) is 17.5. The van der Waals surface area contributed by atoms with Gasteiger partial charge in [-0.05, 0) is 24.1 Å². The van der Waals surface area contributed by atoms with E-state index in [2.05, 4.69) is 0 Å². The van der Waals surface area contributed by atoms with Crippen LogP contribution in [-0.2, 0) is 23.5 Å². The molecule has 0 spiro atoms. The Balaban J connectivity index is 0.00000196. The van der Waals surface area contributed by atoms with E-state index in [4.69, 9.17) is 10.2 Å². The molecule has 2 N–H and O–H groups in total. The van der Waals surface area contributed by atoms with Crippen LogP contribution in [0.5, 0.6) is 0 Å². The minimum absolute atomic E-state index is 0. The molecule has 0 heterocycles. The number of aryl methyl sites for hydroxylation is 1. The quantitative estimate of drug-likeness (QED) is 0.808. The van der Waals surface area contributed by atoms with Crippen LogP contribution in [0.1, 0.15) is 33.2 Å². The summed E-state index contributed by atoms with van der Waals surface area (Å²) in [5.74, 6) is -2.43. The molecule has 1 radical (unpaired) electrons. The van der Waals surface area contributed by atoms with Crippen molar-refractivity contribution in [2.24, 2.45) is 0 Å². The van der Waals surface area contributed by atoms with E-state index < -0.39 is 11.9 Å². The Morgan fingerprint density at radius 1 is 1.13 bits per heavy atom. The van der Waals surface area contributed by atoms with Gasteiger partial charge in [0.2, 0.25) is 0 Å². The first-order valence-electron chi connectivity index (χ1n) is 4.15. The molecule has 1 rings (SSSR count). The van der Waals surface area contributed by atoms with Crippen molar-refractivity contribution in [3.63, 3.8) is 0 Å². The Morgan fingerprint density at radius 2 is 1.67 bits per heavy atom. The topological polar surface area (TPSA) is 74.6 Å². The van der Waals surface area contributed by atoms with E-state index in [9.17, 15) is 9.59 Å². The Morgan fingerprint density at radius 3 is 2.07 bits per heavy atom. The summed E-state index contributed by atoms with van der Waals surface area (Å²) in [4.78, 5) is 21.4. The molecule has 1 aromatic rings. The summed E-state index contributed by atoms with van der Waals surface area (Å²) in [6.07, 6.45) is 0.681. The van der Waals surface area contributed by atoms with Gasteiger partial charge < -0.3 is 10.2 Å². The Hall–Kier alpha value is -1.32. The van der Waals surface area contributed by atoms with Gasteiger partial charge >= 0.3 is 11.9 Å². The van der Waals surface area contributed by atoms with E-state index in [1.54, 1.807) is 6.07 Å². The average Bonchev–Trinajstić information content (AvgIpc) is 2.16. The molecule has 1 aromatic carbocycles. The number of carbonyl (C=O) groups is 2. The van der Waals surface area contributed by atoms with Crippen molar-refractivity contribution in [1.82, 2.24) is 0 Å². The molecule has 0 bridgehead atoms. The molecule has 0 amide bonds. The number of carboxylic acids is 2. The third-order valence-corrected chi connectivity index (χ3v) is 1.95. The zero-order valence-corrected chi connectivity index (χ0v) is 8.89. The number of carboxylic acid groups (broad SMARTS) is 2. The van der Waals surface area contributed by atoms with Crippen LogP contribution in [0.25, 0.3) is 0 Å². The molecule has 0 aliphatic rings. The van der Waals surface area contributed by atoms with E-state index in [0.29, 0.717) is 6.42 Å². The van der Waals surface area contributed by atoms with Crippen LogP contribution in [-0.4, -0.2) is 22.2 Å². The normalized spacial score (nSPS) is 9.13. The van der Waals surface area contributed by atoms with E-state index in [-0.39, 0.29) is 28.2 Å². The second-order valence-electron chi connectivity index (χ2n) is 2.84. The molecule has 5 heteroatoms. The monoisotopic (exact) mass is 257 g/mol. The van der Waals surface area contributed by atoms with E-state index >= 15 is 0 Å². The van der Waals surface area contributed by atoms with Crippen molar-refractivity contribution in [1.29, 1.82) is 0 Å². The minimum Gasteiger partial charge on any atom is -0.478 e. The van der Waals surface area contributed by atoms with Gasteiger partial charge in [-0.1, -0.05) is 13.0 Å². The van der Waals surface area contributed by atoms with E-state index in [1.165, 1.54) is 12.1 Å². The largest absolute Gasteiger partial charge is 0.478 e. The second kappa shape index (κ2) is 5.53. The fraction of sp³-hybridized carbons (Fsp3) is 0.200. The maximum atomic E-state index is 10.7. The summed E-state index contributed by atoms with van der Waals surface area (Å²) in [7, 11) is 0. The maximum Gasteiger partial charge on any atom is 0.336 e. The van der Waals surface area contributed by atoms with Crippen molar-refractivity contribution < 1.29 is 36.9 Å². The SMILES string of the molecule is CCc1ccc(C(=O)O)c(C(=O)O)c1.[Cu]. The van der Waals surface area contributed by atoms with Crippen LogP contribution in [0.15, 0.2) is 18.2 Å². The van der Waals surface area contributed by atoms with E-state index in [0.717, 1.165) is 5.56 Å². The number of rotatable bonds is 3. The van der Waals surface area contributed by atoms with Gasteiger partial charge in [0.25, 0.3) is 0 Å². The Kier molecular flexibility index (Phi) is 5.05. The Labute approximate surface area is 97.4 Å². The summed E-state index contributed by atoms with van der Waals surface area (Å²) in [6, 6.07) is 4.34. The van der Waals surface area contributed by atoms with Crippen LogP contribution in [0.4, 0.5) is 0 Å². The molecule has 85 valence electrons. The van der Waals surface area contributed by atoms with Crippen molar-refractivity contribution in [2.75, 3.05) is 0 Å². The molecule has 15 heavy (non-hydrogen) atoms. The third kappa shape index (κ3) is 3.08. The summed E-state index contributed by atoms with van der Waals surface area (Å²) in [5.41, 5.74) is 0.485. The van der Waals surface area contributed by atoms with Crippen molar-refractivity contribution in [3.05, 3.63) is 34.9 Å². The Bertz CT molecular complexity index is 387. The molecular weight excluding hydrogens is 248 g/mol. The number of aromatic carboxylic acids is 2. The summed E-state index contributed by atoms with van der Waals surface area (Å²) in [6.45, 7) is 1.88. The zero-order valence-electron chi connectivity index (χ0n) is 7.95. The van der Waals surface area contributed by atoms with Crippen molar-refractivity contribution in [2.45, 2.75) is 13.3 Å². The fourth-order valence-electron chi connectivity index (χ4n) is 1.17. The average molecular weight is 258 g/mol. The minimum atomic E-state index is -1.22. The van der Waals surface area contributed by atoms with Gasteiger partial charge in [-0.25, -0.2) is 9.59 Å². The summed E-state index contributed by atoms with van der Waals surface area (Å²) >= 11 is 0. The maximum absolute atomic E-state index is 10.7. The van der Waals surface area contributed by atoms with Gasteiger partial charge in [0.15, 0.2) is 0 Å². The third-order valence-electron chi connectivity index (χ3n) is 1.95. The van der Waals surface area contributed by atoms with Gasteiger partial charge in [-0.2, -0.15) is 0 Å². The van der Waals surface area contributed by atoms with Crippen molar-refractivity contribution >= 4 is 11.9 Å². The molecule has 0 aliphatic heterocycles. The number of benzene rings is 1. The fourth-order valence-corrected chi connectivity index (χ4v) is 1.17. The van der Waals surface area contributed by atoms with Crippen LogP contribution in [0, 0.1) is 0 Å². The first-order valence-corrected chi connectivity index (χ1v) is 4.15. The molecular formula is C10H10CuO4. The number of hydrogen-bond acceptors (Lipinski definition) is 2.